The lowest BCUT2D eigenvalue weighted by Crippen LogP contribution is -2.22. The van der Waals surface area contributed by atoms with Gasteiger partial charge in [0.15, 0.2) is 11.6 Å². The molecule has 2 N–H and O–H groups in total. The van der Waals surface area contributed by atoms with E-state index in [1.807, 2.05) is 6.92 Å². The number of halogens is 3. The number of hydrogen-bond donors (Lipinski definition) is 1. The first kappa shape index (κ1) is 15.7. The minimum Gasteiger partial charge on any atom is -0.454 e. The molecule has 2 aromatic carbocycles. The topological polar surface area (TPSA) is 35.2 Å². The number of nitrogens with two attached hydrogens (primary N) is 1. The fourth-order valence-corrected chi connectivity index (χ4v) is 2.09. The minimum absolute atomic E-state index is 0.0422. The van der Waals surface area contributed by atoms with Crippen LogP contribution in [0, 0.1) is 11.6 Å². The van der Waals surface area contributed by atoms with Gasteiger partial charge in [-0.25, -0.2) is 8.78 Å². The first-order chi connectivity index (χ1) is 10.0. The van der Waals surface area contributed by atoms with Gasteiger partial charge in [-0.2, -0.15) is 0 Å². The highest BCUT2D eigenvalue weighted by molar-refractivity contribution is 6.30. The molecule has 112 valence electrons. The average Bonchev–Trinajstić information content (AvgIpc) is 2.47. The van der Waals surface area contributed by atoms with E-state index in [1.165, 1.54) is 24.3 Å². The zero-order chi connectivity index (χ0) is 15.4. The Morgan fingerprint density at radius 2 is 1.81 bits per heavy atom. The lowest BCUT2D eigenvalue weighted by molar-refractivity contribution is 0.429. The number of rotatable bonds is 5. The van der Waals surface area contributed by atoms with E-state index < -0.39 is 11.6 Å². The molecule has 0 aliphatic carbocycles. The van der Waals surface area contributed by atoms with Crippen LogP contribution in [0.2, 0.25) is 5.02 Å². The first-order valence-corrected chi connectivity index (χ1v) is 7.05. The van der Waals surface area contributed by atoms with E-state index >= 15 is 0 Å². The second kappa shape index (κ2) is 6.87. The molecule has 1 unspecified atom stereocenters. The van der Waals surface area contributed by atoms with Crippen LogP contribution in [-0.2, 0) is 6.42 Å². The van der Waals surface area contributed by atoms with Crippen LogP contribution in [-0.4, -0.2) is 6.04 Å². The average molecular weight is 312 g/mol. The van der Waals surface area contributed by atoms with E-state index in [9.17, 15) is 8.78 Å². The molecular formula is C16H16ClF2NO. The molecule has 0 aliphatic heterocycles. The predicted octanol–water partition coefficient (Wildman–Crippen LogP) is 4.69. The molecule has 0 saturated carbocycles. The fourth-order valence-electron chi connectivity index (χ4n) is 1.92. The maximum Gasteiger partial charge on any atom is 0.184 e. The number of ether oxygens (including phenoxy) is 1. The zero-order valence-electron chi connectivity index (χ0n) is 11.6. The summed E-state index contributed by atoms with van der Waals surface area (Å²) in [6, 6.07) is 8.67. The first-order valence-electron chi connectivity index (χ1n) is 6.67. The molecular weight excluding hydrogens is 296 g/mol. The standard InChI is InChI=1S/C16H16ClF2NO/c1-2-10(20)9-11-13(18)6-4-7-14(11)21-15-8-3-5-12(17)16(15)19/h3-8,10H,2,9,20H2,1H3. The Hall–Kier alpha value is -1.65. The van der Waals surface area contributed by atoms with Crippen molar-refractivity contribution in [1.29, 1.82) is 0 Å². The molecule has 0 aliphatic rings. The Labute approximate surface area is 127 Å². The predicted molar refractivity (Wildman–Crippen MR) is 79.9 cm³/mol. The molecule has 0 aromatic heterocycles. The van der Waals surface area contributed by atoms with Crippen LogP contribution >= 0.6 is 11.6 Å². The molecule has 5 heteroatoms. The Kier molecular flexibility index (Phi) is 5.15. The second-order valence-corrected chi connectivity index (χ2v) is 5.15. The van der Waals surface area contributed by atoms with Gasteiger partial charge in [0.1, 0.15) is 11.6 Å². The van der Waals surface area contributed by atoms with Crippen molar-refractivity contribution < 1.29 is 13.5 Å². The molecule has 21 heavy (non-hydrogen) atoms. The molecule has 0 heterocycles. The number of benzene rings is 2. The van der Waals surface area contributed by atoms with E-state index in [-0.39, 0.29) is 22.6 Å². The van der Waals surface area contributed by atoms with Gasteiger partial charge in [-0.3, -0.25) is 0 Å². The van der Waals surface area contributed by atoms with Crippen molar-refractivity contribution in [3.8, 4) is 11.5 Å². The smallest absolute Gasteiger partial charge is 0.184 e. The van der Waals surface area contributed by atoms with Crippen molar-refractivity contribution in [1.82, 2.24) is 0 Å². The highest BCUT2D eigenvalue weighted by atomic mass is 35.5. The Morgan fingerprint density at radius 3 is 2.52 bits per heavy atom. The molecule has 0 amide bonds. The summed E-state index contributed by atoms with van der Waals surface area (Å²) in [6.07, 6.45) is 1.03. The minimum atomic E-state index is -0.672. The summed E-state index contributed by atoms with van der Waals surface area (Å²) >= 11 is 5.71. The van der Waals surface area contributed by atoms with Gasteiger partial charge >= 0.3 is 0 Å². The van der Waals surface area contributed by atoms with E-state index in [1.54, 1.807) is 12.1 Å². The van der Waals surface area contributed by atoms with Gasteiger partial charge in [-0.15, -0.1) is 0 Å². The largest absolute Gasteiger partial charge is 0.454 e. The maximum atomic E-state index is 14.0. The summed E-state index contributed by atoms with van der Waals surface area (Å²) in [7, 11) is 0. The van der Waals surface area contributed by atoms with Crippen LogP contribution in [0.3, 0.4) is 0 Å². The van der Waals surface area contributed by atoms with Crippen molar-refractivity contribution >= 4 is 11.6 Å². The van der Waals surface area contributed by atoms with Crippen LogP contribution < -0.4 is 10.5 Å². The Balaban J connectivity index is 2.35. The monoisotopic (exact) mass is 311 g/mol. The summed E-state index contributed by atoms with van der Waals surface area (Å²) in [5.41, 5.74) is 6.21. The quantitative estimate of drug-likeness (QED) is 0.869. The normalized spacial score (nSPS) is 12.2. The van der Waals surface area contributed by atoms with Gasteiger partial charge in [0, 0.05) is 11.6 Å². The molecule has 0 saturated heterocycles. The van der Waals surface area contributed by atoms with Crippen molar-refractivity contribution in [2.24, 2.45) is 5.73 Å². The summed E-state index contributed by atoms with van der Waals surface area (Å²) in [6.45, 7) is 1.92. The van der Waals surface area contributed by atoms with Gasteiger partial charge in [-0.05, 0) is 37.1 Å². The Bertz CT molecular complexity index is 634. The number of hydrogen-bond acceptors (Lipinski definition) is 2. The maximum absolute atomic E-state index is 14.0. The van der Waals surface area contributed by atoms with Crippen molar-refractivity contribution in [2.45, 2.75) is 25.8 Å². The lowest BCUT2D eigenvalue weighted by atomic mass is 10.0. The van der Waals surface area contributed by atoms with Crippen LogP contribution in [0.5, 0.6) is 11.5 Å². The SMILES string of the molecule is CCC(N)Cc1c(F)cccc1Oc1cccc(Cl)c1F. The highest BCUT2D eigenvalue weighted by Crippen LogP contribution is 2.32. The summed E-state index contributed by atoms with van der Waals surface area (Å²) in [5.74, 6) is -0.882. The van der Waals surface area contributed by atoms with Crippen LogP contribution in [0.15, 0.2) is 36.4 Å². The second-order valence-electron chi connectivity index (χ2n) is 4.74. The molecule has 2 aromatic rings. The van der Waals surface area contributed by atoms with Gasteiger partial charge in [0.25, 0.3) is 0 Å². The molecule has 2 nitrogen and oxygen atoms in total. The van der Waals surface area contributed by atoms with Crippen molar-refractivity contribution in [3.05, 3.63) is 58.6 Å². The highest BCUT2D eigenvalue weighted by Gasteiger charge is 2.15. The summed E-state index contributed by atoms with van der Waals surface area (Å²) in [5, 5.41) is -0.0456. The van der Waals surface area contributed by atoms with E-state index in [2.05, 4.69) is 0 Å². The lowest BCUT2D eigenvalue weighted by Gasteiger charge is -2.15. The van der Waals surface area contributed by atoms with Crippen molar-refractivity contribution in [2.75, 3.05) is 0 Å². The zero-order valence-corrected chi connectivity index (χ0v) is 12.3. The van der Waals surface area contributed by atoms with E-state index in [4.69, 9.17) is 22.1 Å². The fraction of sp³-hybridized carbons (Fsp3) is 0.250. The van der Waals surface area contributed by atoms with Crippen LogP contribution in [0.1, 0.15) is 18.9 Å². The van der Waals surface area contributed by atoms with Crippen LogP contribution in [0.25, 0.3) is 0 Å². The third-order valence-electron chi connectivity index (χ3n) is 3.20. The molecule has 0 spiro atoms. The molecule has 0 bridgehead atoms. The summed E-state index contributed by atoms with van der Waals surface area (Å²) < 4.78 is 33.3. The molecule has 0 radical (unpaired) electrons. The van der Waals surface area contributed by atoms with E-state index in [0.29, 0.717) is 18.4 Å². The molecule has 0 fully saturated rings. The van der Waals surface area contributed by atoms with Gasteiger partial charge < -0.3 is 10.5 Å². The molecule has 2 rings (SSSR count). The third-order valence-corrected chi connectivity index (χ3v) is 3.49. The van der Waals surface area contributed by atoms with E-state index in [0.717, 1.165) is 0 Å². The Morgan fingerprint density at radius 1 is 1.14 bits per heavy atom. The van der Waals surface area contributed by atoms with Crippen LogP contribution in [0.4, 0.5) is 8.78 Å². The van der Waals surface area contributed by atoms with Gasteiger partial charge in [-0.1, -0.05) is 30.7 Å². The van der Waals surface area contributed by atoms with Gasteiger partial charge in [0.2, 0.25) is 0 Å². The van der Waals surface area contributed by atoms with Gasteiger partial charge in [0.05, 0.1) is 5.02 Å². The molecule has 1 atom stereocenters. The van der Waals surface area contributed by atoms with Crippen molar-refractivity contribution in [3.63, 3.8) is 0 Å². The summed E-state index contributed by atoms with van der Waals surface area (Å²) in [4.78, 5) is 0. The third kappa shape index (κ3) is 3.71.